The van der Waals surface area contributed by atoms with Gasteiger partial charge in [0.2, 0.25) is 10.0 Å². The molecule has 0 saturated carbocycles. The van der Waals surface area contributed by atoms with Crippen molar-refractivity contribution in [3.63, 3.8) is 0 Å². The Kier molecular flexibility index (Phi) is 6.54. The summed E-state index contributed by atoms with van der Waals surface area (Å²) in [6.07, 6.45) is 1.98. The molecule has 0 aliphatic heterocycles. The first-order valence-electron chi connectivity index (χ1n) is 8.06. The van der Waals surface area contributed by atoms with E-state index in [1.165, 1.54) is 4.31 Å². The highest BCUT2D eigenvalue weighted by atomic mass is 32.2. The average Bonchev–Trinajstić information content (AvgIpc) is 2.61. The third-order valence-corrected chi connectivity index (χ3v) is 6.70. The number of methoxy groups -OCH3 is 1. The number of rotatable bonds is 7. The molecule has 2 aromatic carbocycles. The first-order chi connectivity index (χ1) is 11.8. The normalized spacial score (nSPS) is 12.0. The summed E-state index contributed by atoms with van der Waals surface area (Å²) in [5, 5.41) is 0. The van der Waals surface area contributed by atoms with Crippen molar-refractivity contribution in [3.05, 3.63) is 53.6 Å². The average molecular weight is 380 g/mol. The van der Waals surface area contributed by atoms with Gasteiger partial charge in [-0.2, -0.15) is 4.31 Å². The van der Waals surface area contributed by atoms with Crippen LogP contribution in [-0.2, 0) is 16.6 Å². The maximum absolute atomic E-state index is 12.8. The zero-order valence-electron chi connectivity index (χ0n) is 15.3. The van der Waals surface area contributed by atoms with Crippen molar-refractivity contribution in [2.45, 2.75) is 36.1 Å². The first-order valence-corrected chi connectivity index (χ1v) is 10.7. The molecule has 0 saturated heterocycles. The van der Waals surface area contributed by atoms with E-state index in [0.717, 1.165) is 21.8 Å². The molecule has 0 aliphatic rings. The van der Waals surface area contributed by atoms with Crippen LogP contribution >= 0.6 is 11.8 Å². The van der Waals surface area contributed by atoms with Crippen molar-refractivity contribution in [1.82, 2.24) is 4.31 Å². The molecule has 0 radical (unpaired) electrons. The van der Waals surface area contributed by atoms with Crippen LogP contribution < -0.4 is 4.74 Å². The van der Waals surface area contributed by atoms with Gasteiger partial charge in [-0.1, -0.05) is 32.0 Å². The van der Waals surface area contributed by atoms with Gasteiger partial charge in [-0.3, -0.25) is 0 Å². The molecule has 4 nitrogen and oxygen atoms in total. The van der Waals surface area contributed by atoms with E-state index in [0.29, 0.717) is 17.4 Å². The Morgan fingerprint density at radius 2 is 1.76 bits per heavy atom. The fourth-order valence-electron chi connectivity index (χ4n) is 2.53. The van der Waals surface area contributed by atoms with Gasteiger partial charge < -0.3 is 4.74 Å². The summed E-state index contributed by atoms with van der Waals surface area (Å²) < 4.78 is 32.3. The molecule has 0 aromatic heterocycles. The minimum atomic E-state index is -3.53. The summed E-state index contributed by atoms with van der Waals surface area (Å²) in [6, 6.07) is 12.9. The highest BCUT2D eigenvalue weighted by Gasteiger charge is 2.21. The van der Waals surface area contributed by atoms with Gasteiger partial charge in [-0.25, -0.2) is 8.42 Å². The van der Waals surface area contributed by atoms with Gasteiger partial charge in [-0.05, 0) is 47.6 Å². The second kappa shape index (κ2) is 8.25. The van der Waals surface area contributed by atoms with Gasteiger partial charge in [-0.15, -0.1) is 11.8 Å². The quantitative estimate of drug-likeness (QED) is 0.671. The molecular formula is C19H25NO3S2. The van der Waals surface area contributed by atoms with Gasteiger partial charge >= 0.3 is 0 Å². The second-order valence-corrected chi connectivity index (χ2v) is 9.07. The fourth-order valence-corrected chi connectivity index (χ4v) is 4.23. The third kappa shape index (κ3) is 4.57. The number of ether oxygens (including phenoxy) is 1. The van der Waals surface area contributed by atoms with Crippen LogP contribution in [0.2, 0.25) is 0 Å². The van der Waals surface area contributed by atoms with E-state index < -0.39 is 10.0 Å². The molecule has 2 rings (SSSR count). The molecule has 0 N–H and O–H groups in total. The SMILES string of the molecule is COc1cc(CN(C)S(=O)(=O)c2ccc(C(C)C)cc2)ccc1SC. The molecule has 136 valence electrons. The molecule has 0 bridgehead atoms. The number of hydrogen-bond donors (Lipinski definition) is 0. The Hall–Kier alpha value is -1.50. The number of hydrogen-bond acceptors (Lipinski definition) is 4. The number of nitrogens with zero attached hydrogens (tertiary/aromatic N) is 1. The molecular weight excluding hydrogens is 354 g/mol. The lowest BCUT2D eigenvalue weighted by atomic mass is 10.0. The minimum absolute atomic E-state index is 0.291. The summed E-state index contributed by atoms with van der Waals surface area (Å²) in [5.74, 6) is 1.13. The summed E-state index contributed by atoms with van der Waals surface area (Å²) in [4.78, 5) is 1.34. The van der Waals surface area contributed by atoms with Gasteiger partial charge in [0.05, 0.1) is 12.0 Å². The predicted octanol–water partition coefficient (Wildman–Crippen LogP) is 4.36. The van der Waals surface area contributed by atoms with Crippen molar-refractivity contribution in [2.75, 3.05) is 20.4 Å². The van der Waals surface area contributed by atoms with Crippen LogP contribution in [-0.4, -0.2) is 33.1 Å². The zero-order chi connectivity index (χ0) is 18.6. The van der Waals surface area contributed by atoms with Crippen LogP contribution in [0.4, 0.5) is 0 Å². The number of benzene rings is 2. The van der Waals surface area contributed by atoms with Gasteiger partial charge in [0, 0.05) is 18.5 Å². The van der Waals surface area contributed by atoms with Crippen LogP contribution in [0.25, 0.3) is 0 Å². The molecule has 6 heteroatoms. The fraction of sp³-hybridized carbons (Fsp3) is 0.368. The second-order valence-electron chi connectivity index (χ2n) is 6.17. The van der Waals surface area contributed by atoms with Crippen molar-refractivity contribution in [2.24, 2.45) is 0 Å². The summed E-state index contributed by atoms with van der Waals surface area (Å²) in [6.45, 7) is 4.46. The number of thioether (sulfide) groups is 1. The van der Waals surface area contributed by atoms with Crippen LogP contribution in [0.3, 0.4) is 0 Å². The summed E-state index contributed by atoms with van der Waals surface area (Å²) >= 11 is 1.60. The molecule has 25 heavy (non-hydrogen) atoms. The van der Waals surface area contributed by atoms with Crippen LogP contribution in [0.15, 0.2) is 52.3 Å². The van der Waals surface area contributed by atoms with Crippen molar-refractivity contribution >= 4 is 21.8 Å². The maximum Gasteiger partial charge on any atom is 0.243 e. The van der Waals surface area contributed by atoms with E-state index >= 15 is 0 Å². The van der Waals surface area contributed by atoms with E-state index in [1.807, 2.05) is 36.6 Å². The monoisotopic (exact) mass is 379 g/mol. The smallest absolute Gasteiger partial charge is 0.243 e. The van der Waals surface area contributed by atoms with Gasteiger partial charge in [0.15, 0.2) is 0 Å². The van der Waals surface area contributed by atoms with Crippen molar-refractivity contribution in [3.8, 4) is 5.75 Å². The lowest BCUT2D eigenvalue weighted by molar-refractivity contribution is 0.402. The Balaban J connectivity index is 2.22. The molecule has 0 atom stereocenters. The van der Waals surface area contributed by atoms with E-state index in [1.54, 1.807) is 38.1 Å². The van der Waals surface area contributed by atoms with E-state index in [-0.39, 0.29) is 0 Å². The Labute approximate surface area is 155 Å². The highest BCUT2D eigenvalue weighted by molar-refractivity contribution is 7.98. The van der Waals surface area contributed by atoms with Crippen LogP contribution in [0.1, 0.15) is 30.9 Å². The van der Waals surface area contributed by atoms with Gasteiger partial charge in [0.25, 0.3) is 0 Å². The van der Waals surface area contributed by atoms with Crippen LogP contribution in [0.5, 0.6) is 5.75 Å². The van der Waals surface area contributed by atoms with E-state index in [2.05, 4.69) is 13.8 Å². The van der Waals surface area contributed by atoms with Crippen molar-refractivity contribution in [1.29, 1.82) is 0 Å². The molecule has 0 amide bonds. The predicted molar refractivity (Wildman–Crippen MR) is 104 cm³/mol. The number of sulfonamides is 1. The first kappa shape index (κ1) is 19.8. The lowest BCUT2D eigenvalue weighted by Crippen LogP contribution is -2.26. The molecule has 0 spiro atoms. The molecule has 0 aliphatic carbocycles. The molecule has 0 unspecified atom stereocenters. The zero-order valence-corrected chi connectivity index (χ0v) is 16.9. The van der Waals surface area contributed by atoms with E-state index in [4.69, 9.17) is 4.74 Å². The Morgan fingerprint density at radius 1 is 1.12 bits per heavy atom. The summed E-state index contributed by atoms with van der Waals surface area (Å²) in [7, 11) is -0.309. The molecule has 0 fully saturated rings. The Bertz CT molecular complexity index is 815. The maximum atomic E-state index is 12.8. The van der Waals surface area contributed by atoms with Crippen LogP contribution in [0, 0.1) is 0 Å². The third-order valence-electron chi connectivity index (χ3n) is 4.11. The summed E-state index contributed by atoms with van der Waals surface area (Å²) in [5.41, 5.74) is 2.01. The minimum Gasteiger partial charge on any atom is -0.496 e. The molecule has 2 aromatic rings. The van der Waals surface area contributed by atoms with Gasteiger partial charge in [0.1, 0.15) is 5.75 Å². The highest BCUT2D eigenvalue weighted by Crippen LogP contribution is 2.29. The van der Waals surface area contributed by atoms with Crippen molar-refractivity contribution < 1.29 is 13.2 Å². The topological polar surface area (TPSA) is 46.6 Å². The Morgan fingerprint density at radius 3 is 2.28 bits per heavy atom. The lowest BCUT2D eigenvalue weighted by Gasteiger charge is -2.18. The molecule has 0 heterocycles. The van der Waals surface area contributed by atoms with E-state index in [9.17, 15) is 8.42 Å². The largest absolute Gasteiger partial charge is 0.496 e. The standard InChI is InChI=1S/C19H25NO3S2/c1-14(2)16-7-9-17(10-8-16)25(21,22)20(3)13-15-6-11-19(24-5)18(12-15)23-4/h6-12,14H,13H2,1-5H3.